The zero-order valence-electron chi connectivity index (χ0n) is 10.3. The predicted molar refractivity (Wildman–Crippen MR) is 68.8 cm³/mol. The topological polar surface area (TPSA) is 46.5 Å². The number of rotatable bonds is 1. The van der Waals surface area contributed by atoms with Crippen molar-refractivity contribution in [3.05, 3.63) is 35.9 Å². The van der Waals surface area contributed by atoms with Crippen molar-refractivity contribution in [1.82, 2.24) is 0 Å². The molecule has 1 aromatic carbocycles. The van der Waals surface area contributed by atoms with Crippen LogP contribution in [0.1, 0.15) is 31.2 Å². The molecule has 1 aliphatic carbocycles. The smallest absolute Gasteiger partial charge is 0.173 e. The molecule has 0 N–H and O–H groups in total. The first-order valence-corrected chi connectivity index (χ1v) is 6.35. The molecule has 92 valence electrons. The SMILES string of the molecule is CC1N=C2CC(c3ccccc3)CC(=O)C2C1=O. The summed E-state index contributed by atoms with van der Waals surface area (Å²) in [5, 5.41) is 0. The monoisotopic (exact) mass is 241 g/mol. The first-order valence-electron chi connectivity index (χ1n) is 6.35. The minimum atomic E-state index is -0.528. The van der Waals surface area contributed by atoms with Crippen molar-refractivity contribution in [3.63, 3.8) is 0 Å². The molecule has 1 fully saturated rings. The van der Waals surface area contributed by atoms with Crippen LogP contribution in [0.25, 0.3) is 0 Å². The van der Waals surface area contributed by atoms with E-state index in [2.05, 4.69) is 4.99 Å². The summed E-state index contributed by atoms with van der Waals surface area (Å²) >= 11 is 0. The summed E-state index contributed by atoms with van der Waals surface area (Å²) in [5.41, 5.74) is 1.97. The Morgan fingerprint density at radius 2 is 1.83 bits per heavy atom. The summed E-state index contributed by atoms with van der Waals surface area (Å²) in [6, 6.07) is 9.68. The number of nitrogens with zero attached hydrogens (tertiary/aromatic N) is 1. The fourth-order valence-corrected chi connectivity index (χ4v) is 2.95. The fraction of sp³-hybridized carbons (Fsp3) is 0.400. The third kappa shape index (κ3) is 1.70. The maximum atomic E-state index is 12.1. The molecule has 2 aliphatic rings. The lowest BCUT2D eigenvalue weighted by atomic mass is 9.76. The lowest BCUT2D eigenvalue weighted by Crippen LogP contribution is -2.35. The number of fused-ring (bicyclic) bond motifs is 1. The highest BCUT2D eigenvalue weighted by atomic mass is 16.2. The average molecular weight is 241 g/mol. The van der Waals surface area contributed by atoms with Gasteiger partial charge in [-0.3, -0.25) is 14.6 Å². The molecule has 1 aromatic rings. The molecule has 3 rings (SSSR count). The minimum Gasteiger partial charge on any atom is -0.298 e. The molecule has 0 bridgehead atoms. The highest BCUT2D eigenvalue weighted by Gasteiger charge is 2.44. The van der Waals surface area contributed by atoms with Gasteiger partial charge in [0, 0.05) is 12.1 Å². The Bertz CT molecular complexity index is 533. The highest BCUT2D eigenvalue weighted by Crippen LogP contribution is 2.35. The summed E-state index contributed by atoms with van der Waals surface area (Å²) in [5.74, 6) is -0.309. The van der Waals surface area contributed by atoms with Crippen LogP contribution in [0, 0.1) is 5.92 Å². The summed E-state index contributed by atoms with van der Waals surface area (Å²) < 4.78 is 0. The van der Waals surface area contributed by atoms with Crippen LogP contribution in [0.15, 0.2) is 35.3 Å². The van der Waals surface area contributed by atoms with Crippen molar-refractivity contribution < 1.29 is 9.59 Å². The normalized spacial score (nSPS) is 31.2. The van der Waals surface area contributed by atoms with E-state index >= 15 is 0 Å². The first kappa shape index (κ1) is 11.3. The van der Waals surface area contributed by atoms with Crippen LogP contribution in [0.5, 0.6) is 0 Å². The summed E-state index contributed by atoms with van der Waals surface area (Å²) in [6.45, 7) is 1.78. The third-order valence-corrected chi connectivity index (χ3v) is 3.89. The Morgan fingerprint density at radius 3 is 2.56 bits per heavy atom. The van der Waals surface area contributed by atoms with Gasteiger partial charge in [0.05, 0.1) is 0 Å². The number of hydrogen-bond donors (Lipinski definition) is 0. The Labute approximate surface area is 106 Å². The van der Waals surface area contributed by atoms with Gasteiger partial charge in [0.2, 0.25) is 0 Å². The van der Waals surface area contributed by atoms with Gasteiger partial charge in [-0.15, -0.1) is 0 Å². The zero-order valence-corrected chi connectivity index (χ0v) is 10.3. The number of aliphatic imine (C=N–C) groups is 1. The number of carbonyl (C=O) groups is 2. The quantitative estimate of drug-likeness (QED) is 0.707. The number of Topliss-reactive ketones (excluding diaryl/α,β-unsaturated/α-hetero) is 2. The Kier molecular flexibility index (Phi) is 2.62. The van der Waals surface area contributed by atoms with E-state index in [4.69, 9.17) is 0 Å². The van der Waals surface area contributed by atoms with Crippen LogP contribution < -0.4 is 0 Å². The number of ketones is 2. The average Bonchev–Trinajstić information content (AvgIpc) is 2.66. The second-order valence-electron chi connectivity index (χ2n) is 5.11. The van der Waals surface area contributed by atoms with Gasteiger partial charge in [0.15, 0.2) is 5.78 Å². The van der Waals surface area contributed by atoms with Crippen molar-refractivity contribution in [3.8, 4) is 0 Å². The van der Waals surface area contributed by atoms with Crippen molar-refractivity contribution in [2.24, 2.45) is 10.9 Å². The van der Waals surface area contributed by atoms with Crippen LogP contribution in [0.2, 0.25) is 0 Å². The second kappa shape index (κ2) is 4.16. The van der Waals surface area contributed by atoms with E-state index in [-0.39, 0.29) is 23.5 Å². The van der Waals surface area contributed by atoms with Crippen LogP contribution in [-0.4, -0.2) is 23.3 Å². The molecule has 3 unspecified atom stereocenters. The molecule has 3 heteroatoms. The van der Waals surface area contributed by atoms with Crippen LogP contribution in [0.3, 0.4) is 0 Å². The molecular weight excluding hydrogens is 226 g/mol. The molecule has 0 saturated heterocycles. The molecule has 1 aliphatic heterocycles. The molecular formula is C15H15NO2. The summed E-state index contributed by atoms with van der Waals surface area (Å²) in [6.07, 6.45) is 1.21. The lowest BCUT2D eigenvalue weighted by Gasteiger charge is -2.25. The van der Waals surface area contributed by atoms with E-state index in [0.717, 1.165) is 12.1 Å². The molecule has 0 aromatic heterocycles. The van der Waals surface area contributed by atoms with E-state index in [9.17, 15) is 9.59 Å². The van der Waals surface area contributed by atoms with Gasteiger partial charge in [-0.1, -0.05) is 30.3 Å². The van der Waals surface area contributed by atoms with Crippen molar-refractivity contribution >= 4 is 17.3 Å². The van der Waals surface area contributed by atoms with Crippen LogP contribution >= 0.6 is 0 Å². The highest BCUT2D eigenvalue weighted by molar-refractivity contribution is 6.26. The van der Waals surface area contributed by atoms with Crippen molar-refractivity contribution in [2.75, 3.05) is 0 Å². The Morgan fingerprint density at radius 1 is 1.11 bits per heavy atom. The molecule has 3 atom stereocenters. The van der Waals surface area contributed by atoms with Crippen LogP contribution in [-0.2, 0) is 9.59 Å². The molecule has 1 saturated carbocycles. The van der Waals surface area contributed by atoms with Gasteiger partial charge in [-0.2, -0.15) is 0 Å². The maximum Gasteiger partial charge on any atom is 0.173 e. The first-order chi connectivity index (χ1) is 8.66. The van der Waals surface area contributed by atoms with E-state index in [1.807, 2.05) is 30.3 Å². The molecule has 18 heavy (non-hydrogen) atoms. The van der Waals surface area contributed by atoms with Crippen molar-refractivity contribution in [1.29, 1.82) is 0 Å². The van der Waals surface area contributed by atoms with Gasteiger partial charge >= 0.3 is 0 Å². The Hall–Kier alpha value is -1.77. The predicted octanol–water partition coefficient (Wildman–Crippen LogP) is 2.16. The summed E-state index contributed by atoms with van der Waals surface area (Å²) in [4.78, 5) is 28.3. The minimum absolute atomic E-state index is 0.0125. The second-order valence-corrected chi connectivity index (χ2v) is 5.11. The Balaban J connectivity index is 1.90. The van der Waals surface area contributed by atoms with E-state index in [1.165, 1.54) is 5.56 Å². The third-order valence-electron chi connectivity index (χ3n) is 3.89. The van der Waals surface area contributed by atoms with E-state index in [0.29, 0.717) is 6.42 Å². The van der Waals surface area contributed by atoms with Crippen molar-refractivity contribution in [2.45, 2.75) is 31.7 Å². The molecule has 0 amide bonds. The molecule has 0 radical (unpaired) electrons. The van der Waals surface area contributed by atoms with Gasteiger partial charge in [-0.05, 0) is 24.8 Å². The number of hydrogen-bond acceptors (Lipinski definition) is 3. The molecule has 0 spiro atoms. The molecule has 1 heterocycles. The number of benzene rings is 1. The van der Waals surface area contributed by atoms with Gasteiger partial charge in [-0.25, -0.2) is 0 Å². The molecule has 3 nitrogen and oxygen atoms in total. The van der Waals surface area contributed by atoms with E-state index in [1.54, 1.807) is 6.92 Å². The van der Waals surface area contributed by atoms with E-state index < -0.39 is 5.92 Å². The van der Waals surface area contributed by atoms with Gasteiger partial charge < -0.3 is 0 Å². The largest absolute Gasteiger partial charge is 0.298 e. The number of carbonyl (C=O) groups excluding carboxylic acids is 2. The standard InChI is InChI=1S/C15H15NO2/c1-9-15(18)14-12(16-9)7-11(8-13(14)17)10-5-3-2-4-6-10/h2-6,9,11,14H,7-8H2,1H3. The van der Waals surface area contributed by atoms with Gasteiger partial charge in [0.25, 0.3) is 0 Å². The van der Waals surface area contributed by atoms with Crippen LogP contribution in [0.4, 0.5) is 0 Å². The zero-order chi connectivity index (χ0) is 12.7. The van der Waals surface area contributed by atoms with Gasteiger partial charge in [0.1, 0.15) is 17.7 Å². The summed E-state index contributed by atoms with van der Waals surface area (Å²) in [7, 11) is 0. The maximum absolute atomic E-state index is 12.1. The fourth-order valence-electron chi connectivity index (χ4n) is 2.95. The lowest BCUT2D eigenvalue weighted by molar-refractivity contribution is -0.130.